The summed E-state index contributed by atoms with van der Waals surface area (Å²) in [5.41, 5.74) is 0.992. The zero-order chi connectivity index (χ0) is 21.1. The maximum atomic E-state index is 12.5. The zero-order valence-electron chi connectivity index (χ0n) is 17.3. The average Bonchev–Trinajstić information content (AvgIpc) is 2.59. The first-order chi connectivity index (χ1) is 12.9. The first-order valence-corrected chi connectivity index (χ1v) is 11.6. The summed E-state index contributed by atoms with van der Waals surface area (Å²) in [7, 11) is -3.37. The van der Waals surface area contributed by atoms with Crippen molar-refractivity contribution < 1.29 is 22.7 Å². The van der Waals surface area contributed by atoms with Crippen molar-refractivity contribution in [3.8, 4) is 0 Å². The van der Waals surface area contributed by atoms with Crippen LogP contribution in [-0.2, 0) is 19.6 Å². The van der Waals surface area contributed by atoms with E-state index in [1.54, 1.807) is 6.92 Å². The van der Waals surface area contributed by atoms with Crippen molar-refractivity contribution >= 4 is 27.5 Å². The average molecular weight is 410 g/mol. The number of sulfonamides is 1. The number of hydrogen-bond donors (Lipinski definition) is 1. The van der Waals surface area contributed by atoms with Crippen molar-refractivity contribution in [2.24, 2.45) is 17.3 Å². The predicted octanol–water partition coefficient (Wildman–Crippen LogP) is 4.03. The van der Waals surface area contributed by atoms with E-state index in [9.17, 15) is 18.0 Å². The molecular weight excluding hydrogens is 378 g/mol. The summed E-state index contributed by atoms with van der Waals surface area (Å²) in [6.45, 7) is 8.26. The Balaban J connectivity index is 1.91. The molecule has 0 heterocycles. The number of esters is 1. The van der Waals surface area contributed by atoms with E-state index in [2.05, 4.69) is 25.5 Å². The Bertz CT molecular complexity index is 800. The van der Waals surface area contributed by atoms with E-state index < -0.39 is 16.1 Å². The van der Waals surface area contributed by atoms with Crippen molar-refractivity contribution in [3.05, 3.63) is 29.8 Å². The molecule has 0 unspecified atom stereocenters. The lowest BCUT2D eigenvalue weighted by molar-refractivity contribution is -0.153. The number of anilines is 1. The molecule has 1 aliphatic rings. The minimum absolute atomic E-state index is 0.143. The normalized spacial score (nSPS) is 21.6. The van der Waals surface area contributed by atoms with Crippen LogP contribution in [0, 0.1) is 17.3 Å². The molecule has 6 nitrogen and oxygen atoms in total. The molecule has 28 heavy (non-hydrogen) atoms. The zero-order valence-corrected chi connectivity index (χ0v) is 18.1. The summed E-state index contributed by atoms with van der Waals surface area (Å²) in [6, 6.07) is 6.07. The van der Waals surface area contributed by atoms with Gasteiger partial charge in [0.1, 0.15) is 0 Å². The molecular formula is C21H31NO5S. The van der Waals surface area contributed by atoms with Crippen LogP contribution in [0.2, 0.25) is 0 Å². The second kappa shape index (κ2) is 8.64. The molecule has 2 rings (SSSR count). The van der Waals surface area contributed by atoms with Gasteiger partial charge in [0.05, 0.1) is 12.2 Å². The summed E-state index contributed by atoms with van der Waals surface area (Å²) >= 11 is 0. The van der Waals surface area contributed by atoms with Crippen molar-refractivity contribution in [3.63, 3.8) is 0 Å². The second-order valence-corrected chi connectivity index (χ2v) is 10.6. The van der Waals surface area contributed by atoms with Crippen LogP contribution in [0.25, 0.3) is 0 Å². The van der Waals surface area contributed by atoms with Crippen LogP contribution in [0.3, 0.4) is 0 Å². The van der Waals surface area contributed by atoms with Crippen molar-refractivity contribution in [1.82, 2.24) is 0 Å². The Morgan fingerprint density at radius 1 is 1.07 bits per heavy atom. The Kier molecular flexibility index (Phi) is 6.91. The molecule has 1 aromatic rings. The topological polar surface area (TPSA) is 89.5 Å². The van der Waals surface area contributed by atoms with Crippen molar-refractivity contribution in [2.45, 2.75) is 59.5 Å². The van der Waals surface area contributed by atoms with Crippen molar-refractivity contribution in [1.29, 1.82) is 0 Å². The lowest BCUT2D eigenvalue weighted by Gasteiger charge is -2.36. The number of ketones is 1. The van der Waals surface area contributed by atoms with Gasteiger partial charge in [0.2, 0.25) is 15.8 Å². The van der Waals surface area contributed by atoms with Gasteiger partial charge in [-0.25, -0.2) is 8.42 Å². The molecule has 0 spiro atoms. The van der Waals surface area contributed by atoms with Gasteiger partial charge in [0, 0.05) is 11.3 Å². The highest BCUT2D eigenvalue weighted by Crippen LogP contribution is 2.40. The molecule has 1 fully saturated rings. The Morgan fingerprint density at radius 3 is 2.07 bits per heavy atom. The van der Waals surface area contributed by atoms with E-state index in [4.69, 9.17) is 4.74 Å². The standard InChI is InChI=1S/C21H31NO5S/c1-14(19(23)15-8-12-18(13-9-15)22-28(5,25)26)27-20(24)16-6-10-17(11-7-16)21(2,3)4/h8-9,12-14,16-17,22H,6-7,10-11H2,1-5H3/t14-,16?,17?/m0/s1. The first-order valence-electron chi connectivity index (χ1n) is 9.69. The third-order valence-corrected chi connectivity index (χ3v) is 6.03. The van der Waals surface area contributed by atoms with E-state index in [1.807, 2.05) is 0 Å². The third kappa shape index (κ3) is 6.33. The minimum Gasteiger partial charge on any atom is -0.454 e. The highest BCUT2D eigenvalue weighted by molar-refractivity contribution is 7.92. The van der Waals surface area contributed by atoms with Crippen LogP contribution < -0.4 is 4.72 Å². The summed E-state index contributed by atoms with van der Waals surface area (Å²) in [6.07, 6.45) is 3.78. The van der Waals surface area contributed by atoms with E-state index in [1.165, 1.54) is 24.3 Å². The van der Waals surface area contributed by atoms with Gasteiger partial charge < -0.3 is 4.74 Å². The van der Waals surface area contributed by atoms with Gasteiger partial charge in [-0.15, -0.1) is 0 Å². The summed E-state index contributed by atoms with van der Waals surface area (Å²) in [4.78, 5) is 25.0. The van der Waals surface area contributed by atoms with Crippen LogP contribution in [0.4, 0.5) is 5.69 Å². The van der Waals surface area contributed by atoms with E-state index in [0.717, 1.165) is 31.9 Å². The molecule has 1 N–H and O–H groups in total. The molecule has 1 saturated carbocycles. The highest BCUT2D eigenvalue weighted by Gasteiger charge is 2.34. The van der Waals surface area contributed by atoms with Crippen LogP contribution in [0.15, 0.2) is 24.3 Å². The molecule has 0 aromatic heterocycles. The molecule has 0 saturated heterocycles. The quantitative estimate of drug-likeness (QED) is 0.566. The monoisotopic (exact) mass is 409 g/mol. The van der Waals surface area contributed by atoms with Gasteiger partial charge in [0.25, 0.3) is 0 Å². The molecule has 1 aromatic carbocycles. The number of hydrogen-bond acceptors (Lipinski definition) is 5. The molecule has 1 aliphatic carbocycles. The number of rotatable bonds is 6. The number of Topliss-reactive ketones (excluding diaryl/α,β-unsaturated/α-hetero) is 1. The van der Waals surface area contributed by atoms with Gasteiger partial charge in [-0.3, -0.25) is 14.3 Å². The lowest BCUT2D eigenvalue weighted by Crippen LogP contribution is -2.32. The van der Waals surface area contributed by atoms with E-state index in [-0.39, 0.29) is 23.1 Å². The fourth-order valence-electron chi connectivity index (χ4n) is 3.67. The molecule has 156 valence electrons. The van der Waals surface area contributed by atoms with Crippen LogP contribution in [-0.4, -0.2) is 32.5 Å². The molecule has 0 amide bonds. The fourth-order valence-corrected chi connectivity index (χ4v) is 4.23. The summed E-state index contributed by atoms with van der Waals surface area (Å²) < 4.78 is 30.3. The number of carbonyl (C=O) groups excluding carboxylic acids is 2. The smallest absolute Gasteiger partial charge is 0.309 e. The SMILES string of the molecule is C[C@H](OC(=O)C1CCC(C(C)(C)C)CC1)C(=O)c1ccc(NS(C)(=O)=O)cc1. The summed E-state index contributed by atoms with van der Waals surface area (Å²) in [5.74, 6) is -0.143. The fraction of sp³-hybridized carbons (Fsp3) is 0.619. The Hall–Kier alpha value is -1.89. The number of ether oxygens (including phenoxy) is 1. The van der Waals surface area contributed by atoms with Crippen molar-refractivity contribution in [2.75, 3.05) is 11.0 Å². The molecule has 1 atom stereocenters. The highest BCUT2D eigenvalue weighted by atomic mass is 32.2. The maximum Gasteiger partial charge on any atom is 0.309 e. The van der Waals surface area contributed by atoms with Gasteiger partial charge >= 0.3 is 5.97 Å². The van der Waals surface area contributed by atoms with Gasteiger partial charge in [0.15, 0.2) is 6.10 Å². The Labute approximate surface area is 168 Å². The largest absolute Gasteiger partial charge is 0.454 e. The minimum atomic E-state index is -3.37. The van der Waals surface area contributed by atoms with Gasteiger partial charge in [-0.1, -0.05) is 20.8 Å². The van der Waals surface area contributed by atoms with E-state index in [0.29, 0.717) is 17.2 Å². The number of nitrogens with one attached hydrogen (secondary N) is 1. The Morgan fingerprint density at radius 2 is 1.61 bits per heavy atom. The summed E-state index contributed by atoms with van der Waals surface area (Å²) in [5, 5.41) is 0. The van der Waals surface area contributed by atoms with E-state index >= 15 is 0 Å². The predicted molar refractivity (Wildman–Crippen MR) is 110 cm³/mol. The van der Waals surface area contributed by atoms with Crippen LogP contribution >= 0.6 is 0 Å². The molecule has 0 aliphatic heterocycles. The van der Waals surface area contributed by atoms with Crippen LogP contribution in [0.1, 0.15) is 63.7 Å². The third-order valence-electron chi connectivity index (χ3n) is 5.42. The molecule has 0 radical (unpaired) electrons. The lowest BCUT2D eigenvalue weighted by atomic mass is 9.70. The molecule has 0 bridgehead atoms. The molecule has 7 heteroatoms. The van der Waals surface area contributed by atoms with Gasteiger partial charge in [-0.05, 0) is 68.2 Å². The first kappa shape index (κ1) is 22.4. The van der Waals surface area contributed by atoms with Crippen LogP contribution in [0.5, 0.6) is 0 Å². The van der Waals surface area contributed by atoms with Gasteiger partial charge in [-0.2, -0.15) is 0 Å². The number of carbonyl (C=O) groups is 2. The maximum absolute atomic E-state index is 12.5. The number of benzene rings is 1. The second-order valence-electron chi connectivity index (χ2n) is 8.81.